The van der Waals surface area contributed by atoms with Gasteiger partial charge in [0.15, 0.2) is 12.4 Å². The van der Waals surface area contributed by atoms with E-state index in [2.05, 4.69) is 18.0 Å². The summed E-state index contributed by atoms with van der Waals surface area (Å²) in [7, 11) is 0. The van der Waals surface area contributed by atoms with Gasteiger partial charge in [0.05, 0.1) is 22.1 Å². The van der Waals surface area contributed by atoms with Gasteiger partial charge in [-0.1, -0.05) is 79.7 Å². The SMILES string of the molecule is CCCCc1ccc(C#N)c(SC2CC(=O)N(c3ccc(C(=O)OCC(=O)c4ccc(-c5ccccc5)cc4)cc3)C2=O)n1. The molecule has 0 N–H and O–H groups in total. The van der Waals surface area contributed by atoms with Gasteiger partial charge in [-0.2, -0.15) is 5.26 Å². The number of aryl methyl sites for hydroxylation is 1. The molecule has 0 bridgehead atoms. The number of rotatable bonds is 11. The lowest BCUT2D eigenvalue weighted by Gasteiger charge is -2.15. The predicted octanol–water partition coefficient (Wildman–Crippen LogP) is 6.43. The van der Waals surface area contributed by atoms with Crippen molar-refractivity contribution in [3.8, 4) is 17.2 Å². The minimum Gasteiger partial charge on any atom is -0.454 e. The first-order valence-corrected chi connectivity index (χ1v) is 15.1. The van der Waals surface area contributed by atoms with Crippen LogP contribution in [-0.2, 0) is 20.7 Å². The lowest BCUT2D eigenvalue weighted by Crippen LogP contribution is -2.31. The molecule has 44 heavy (non-hydrogen) atoms. The number of amides is 2. The number of pyridine rings is 1. The summed E-state index contributed by atoms with van der Waals surface area (Å²) in [4.78, 5) is 57.0. The molecule has 1 unspecified atom stereocenters. The summed E-state index contributed by atoms with van der Waals surface area (Å²) >= 11 is 1.12. The number of thioether (sulfide) groups is 1. The topological polar surface area (TPSA) is 117 Å². The number of anilines is 1. The molecule has 9 heteroatoms. The Bertz CT molecular complexity index is 1730. The molecule has 1 atom stereocenters. The van der Waals surface area contributed by atoms with Gasteiger partial charge in [0.1, 0.15) is 11.1 Å². The van der Waals surface area contributed by atoms with Crippen LogP contribution in [0.15, 0.2) is 96.0 Å². The van der Waals surface area contributed by atoms with Crippen LogP contribution in [0.4, 0.5) is 5.69 Å². The number of imide groups is 1. The number of hydrogen-bond donors (Lipinski definition) is 0. The molecule has 3 aromatic carbocycles. The maximum Gasteiger partial charge on any atom is 0.338 e. The number of Topliss-reactive ketones (excluding diaryl/α,β-unsaturated/α-hetero) is 1. The Morgan fingerprint density at radius 3 is 2.30 bits per heavy atom. The predicted molar refractivity (Wildman–Crippen MR) is 167 cm³/mol. The third-order valence-corrected chi connectivity index (χ3v) is 8.38. The van der Waals surface area contributed by atoms with Crippen LogP contribution in [0.1, 0.15) is 58.2 Å². The maximum absolute atomic E-state index is 13.3. The Morgan fingerprint density at radius 2 is 1.61 bits per heavy atom. The molecule has 5 rings (SSSR count). The van der Waals surface area contributed by atoms with E-state index in [1.807, 2.05) is 48.5 Å². The second-order valence-electron chi connectivity index (χ2n) is 10.2. The number of nitriles is 1. The molecule has 8 nitrogen and oxygen atoms in total. The summed E-state index contributed by atoms with van der Waals surface area (Å²) in [6.07, 6.45) is 2.70. The molecule has 1 aliphatic heterocycles. The van der Waals surface area contributed by atoms with Crippen molar-refractivity contribution in [1.82, 2.24) is 4.98 Å². The van der Waals surface area contributed by atoms with E-state index in [0.717, 1.165) is 52.7 Å². The summed E-state index contributed by atoms with van der Waals surface area (Å²) in [6, 6.07) is 28.4. The van der Waals surface area contributed by atoms with Crippen LogP contribution < -0.4 is 4.90 Å². The number of ketones is 1. The first-order valence-electron chi connectivity index (χ1n) is 14.3. The van der Waals surface area contributed by atoms with Gasteiger partial charge >= 0.3 is 5.97 Å². The summed E-state index contributed by atoms with van der Waals surface area (Å²) in [5.41, 5.74) is 4.13. The number of hydrogen-bond acceptors (Lipinski definition) is 8. The second kappa shape index (κ2) is 13.9. The Labute approximate surface area is 259 Å². The van der Waals surface area contributed by atoms with Crippen molar-refractivity contribution < 1.29 is 23.9 Å². The van der Waals surface area contributed by atoms with E-state index in [-0.39, 0.29) is 23.7 Å². The van der Waals surface area contributed by atoms with Crippen molar-refractivity contribution in [1.29, 1.82) is 5.26 Å². The molecule has 0 aliphatic carbocycles. The van der Waals surface area contributed by atoms with Crippen LogP contribution in [-0.4, -0.2) is 40.4 Å². The smallest absolute Gasteiger partial charge is 0.338 e. The van der Waals surface area contributed by atoms with Gasteiger partial charge in [0, 0.05) is 17.7 Å². The van der Waals surface area contributed by atoms with E-state index >= 15 is 0 Å². The zero-order valence-electron chi connectivity index (χ0n) is 24.1. The van der Waals surface area contributed by atoms with Gasteiger partial charge in [0.2, 0.25) is 11.8 Å². The van der Waals surface area contributed by atoms with E-state index in [4.69, 9.17) is 4.74 Å². The molecule has 4 aromatic rings. The highest BCUT2D eigenvalue weighted by Crippen LogP contribution is 2.35. The summed E-state index contributed by atoms with van der Waals surface area (Å²) in [5, 5.41) is 9.25. The van der Waals surface area contributed by atoms with Gasteiger partial charge in [-0.25, -0.2) is 14.7 Å². The summed E-state index contributed by atoms with van der Waals surface area (Å²) < 4.78 is 5.23. The molecule has 220 valence electrons. The fraction of sp³-hybridized carbons (Fsp3) is 0.200. The molecule has 0 spiro atoms. The third kappa shape index (κ3) is 6.93. The van der Waals surface area contributed by atoms with E-state index in [0.29, 0.717) is 21.8 Å². The van der Waals surface area contributed by atoms with E-state index < -0.39 is 23.7 Å². The quantitative estimate of drug-likeness (QED) is 0.109. The highest BCUT2D eigenvalue weighted by atomic mass is 32.2. The molecule has 0 saturated carbocycles. The molecule has 1 fully saturated rings. The van der Waals surface area contributed by atoms with E-state index in [1.165, 1.54) is 24.3 Å². The average Bonchev–Trinajstić information content (AvgIpc) is 3.34. The van der Waals surface area contributed by atoms with Gasteiger partial charge < -0.3 is 4.74 Å². The zero-order valence-corrected chi connectivity index (χ0v) is 24.9. The number of unbranched alkanes of at least 4 members (excludes halogenated alkanes) is 1. The van der Waals surface area contributed by atoms with Crippen LogP contribution in [0.3, 0.4) is 0 Å². The molecule has 1 saturated heterocycles. The Balaban J connectivity index is 1.19. The largest absolute Gasteiger partial charge is 0.454 e. The number of carbonyl (C=O) groups is 4. The van der Waals surface area contributed by atoms with Crippen molar-refractivity contribution in [2.24, 2.45) is 0 Å². The third-order valence-electron chi connectivity index (χ3n) is 7.19. The fourth-order valence-corrected chi connectivity index (χ4v) is 5.89. The molecule has 2 amide bonds. The number of ether oxygens (including phenoxy) is 1. The normalized spacial score (nSPS) is 14.4. The highest BCUT2D eigenvalue weighted by Gasteiger charge is 2.40. The second-order valence-corrected chi connectivity index (χ2v) is 11.4. The summed E-state index contributed by atoms with van der Waals surface area (Å²) in [6.45, 7) is 1.66. The molecule has 1 aromatic heterocycles. The first kappa shape index (κ1) is 30.4. The number of esters is 1. The lowest BCUT2D eigenvalue weighted by atomic mass is 10.0. The summed E-state index contributed by atoms with van der Waals surface area (Å²) in [5.74, 6) is -1.83. The lowest BCUT2D eigenvalue weighted by molar-refractivity contribution is -0.121. The van der Waals surface area contributed by atoms with Crippen LogP contribution in [0, 0.1) is 11.3 Å². The van der Waals surface area contributed by atoms with Crippen molar-refractivity contribution >= 4 is 41.0 Å². The Morgan fingerprint density at radius 1 is 0.932 bits per heavy atom. The molecular formula is C35H29N3O5S. The number of aromatic nitrogens is 1. The minimum absolute atomic E-state index is 0.0343. The van der Waals surface area contributed by atoms with Gasteiger partial charge in [-0.15, -0.1) is 0 Å². The van der Waals surface area contributed by atoms with Crippen LogP contribution in [0.25, 0.3) is 11.1 Å². The number of carbonyl (C=O) groups excluding carboxylic acids is 4. The van der Waals surface area contributed by atoms with Crippen molar-refractivity contribution in [2.45, 2.75) is 42.9 Å². The van der Waals surface area contributed by atoms with E-state index in [1.54, 1.807) is 18.2 Å². The van der Waals surface area contributed by atoms with Crippen molar-refractivity contribution in [2.75, 3.05) is 11.5 Å². The Hall–Kier alpha value is -5.07. The molecule has 1 aliphatic rings. The zero-order chi connectivity index (χ0) is 31.1. The molecular weight excluding hydrogens is 574 g/mol. The number of nitrogens with zero attached hydrogens (tertiary/aromatic N) is 3. The van der Waals surface area contributed by atoms with E-state index in [9.17, 15) is 24.4 Å². The maximum atomic E-state index is 13.3. The Kier molecular flexibility index (Phi) is 9.62. The van der Waals surface area contributed by atoms with Crippen LogP contribution in [0.5, 0.6) is 0 Å². The van der Waals surface area contributed by atoms with Crippen LogP contribution in [0.2, 0.25) is 0 Å². The number of benzene rings is 3. The standard InChI is InChI=1S/C35H29N3O5S/c1-2-3-9-28-17-14-27(21-36)33(37-28)44-31-20-32(40)38(34(31)41)29-18-15-26(16-19-29)35(42)43-22-30(39)25-12-10-24(11-13-25)23-7-5-4-6-8-23/h4-8,10-19,31H,2-3,9,20,22H2,1H3. The van der Waals surface area contributed by atoms with Gasteiger partial charge in [-0.05, 0) is 60.4 Å². The molecule has 2 heterocycles. The fourth-order valence-electron chi connectivity index (χ4n) is 4.78. The average molecular weight is 604 g/mol. The van der Waals surface area contributed by atoms with Gasteiger partial charge in [0.25, 0.3) is 0 Å². The van der Waals surface area contributed by atoms with Gasteiger partial charge in [-0.3, -0.25) is 14.4 Å². The van der Waals surface area contributed by atoms with Crippen LogP contribution >= 0.6 is 11.8 Å². The molecule has 0 radical (unpaired) electrons. The first-order chi connectivity index (χ1) is 21.4. The highest BCUT2D eigenvalue weighted by molar-refractivity contribution is 8.00. The minimum atomic E-state index is -0.721. The van der Waals surface area contributed by atoms with Crippen molar-refractivity contribution in [3.63, 3.8) is 0 Å². The monoisotopic (exact) mass is 603 g/mol. The van der Waals surface area contributed by atoms with Crippen molar-refractivity contribution in [3.05, 3.63) is 113 Å².